The minimum atomic E-state index is 0.353. The van der Waals surface area contributed by atoms with Crippen LogP contribution < -0.4 is 5.73 Å². The molecule has 2 rings (SSSR count). The van der Waals surface area contributed by atoms with Crippen LogP contribution in [0, 0.1) is 5.41 Å². The van der Waals surface area contributed by atoms with Gasteiger partial charge in [-0.1, -0.05) is 46.5 Å². The SMILES string of the molecule is CC(C)(C)SC1(CN)CC2(CCCCCC2)C1. The lowest BCUT2D eigenvalue weighted by Crippen LogP contribution is -2.55. The Hall–Kier alpha value is 0.310. The third kappa shape index (κ3) is 3.20. The zero-order valence-electron chi connectivity index (χ0n) is 11.8. The molecule has 0 aromatic carbocycles. The van der Waals surface area contributed by atoms with Gasteiger partial charge in [0.25, 0.3) is 0 Å². The van der Waals surface area contributed by atoms with E-state index in [4.69, 9.17) is 5.73 Å². The fourth-order valence-electron chi connectivity index (χ4n) is 4.05. The van der Waals surface area contributed by atoms with Gasteiger partial charge in [0.1, 0.15) is 0 Å². The number of nitrogens with two attached hydrogens (primary N) is 1. The summed E-state index contributed by atoms with van der Waals surface area (Å²) < 4.78 is 0.758. The third-order valence-corrected chi connectivity index (χ3v) is 5.95. The van der Waals surface area contributed by atoms with E-state index in [0.29, 0.717) is 14.9 Å². The summed E-state index contributed by atoms with van der Waals surface area (Å²) in [5.41, 5.74) is 6.77. The smallest absolute Gasteiger partial charge is 0.0298 e. The van der Waals surface area contributed by atoms with Gasteiger partial charge >= 0.3 is 0 Å². The summed E-state index contributed by atoms with van der Waals surface area (Å²) >= 11 is 2.14. The van der Waals surface area contributed by atoms with Crippen LogP contribution in [0.5, 0.6) is 0 Å². The van der Waals surface area contributed by atoms with Gasteiger partial charge in [0.05, 0.1) is 0 Å². The minimum Gasteiger partial charge on any atom is -0.329 e. The predicted molar refractivity (Wildman–Crippen MR) is 78.5 cm³/mol. The van der Waals surface area contributed by atoms with Gasteiger partial charge in [-0.3, -0.25) is 0 Å². The zero-order valence-corrected chi connectivity index (χ0v) is 12.7. The average Bonchev–Trinajstić information content (AvgIpc) is 2.39. The molecule has 0 aromatic rings. The van der Waals surface area contributed by atoms with Crippen molar-refractivity contribution >= 4 is 11.8 Å². The number of rotatable bonds is 2. The first kappa shape index (κ1) is 13.7. The number of hydrogen-bond acceptors (Lipinski definition) is 2. The summed E-state index contributed by atoms with van der Waals surface area (Å²) in [4.78, 5) is 0. The van der Waals surface area contributed by atoms with Crippen molar-refractivity contribution in [2.24, 2.45) is 11.1 Å². The molecule has 0 heterocycles. The summed E-state index contributed by atoms with van der Waals surface area (Å²) in [5.74, 6) is 0. The maximum atomic E-state index is 6.08. The first-order valence-electron chi connectivity index (χ1n) is 7.29. The number of hydrogen-bond donors (Lipinski definition) is 1. The fourth-order valence-corrected chi connectivity index (χ4v) is 6.19. The van der Waals surface area contributed by atoms with Crippen LogP contribution in [0.4, 0.5) is 0 Å². The van der Waals surface area contributed by atoms with Gasteiger partial charge in [0.2, 0.25) is 0 Å². The summed E-state index contributed by atoms with van der Waals surface area (Å²) in [5, 5.41) is 0. The molecule has 2 saturated carbocycles. The van der Waals surface area contributed by atoms with Crippen molar-refractivity contribution in [2.45, 2.75) is 81.6 Å². The second-order valence-electron chi connectivity index (χ2n) is 7.37. The molecular formula is C15H29NS. The molecule has 0 amide bonds. The van der Waals surface area contributed by atoms with Crippen LogP contribution in [-0.4, -0.2) is 16.0 Å². The Balaban J connectivity index is 1.97. The second kappa shape index (κ2) is 4.77. The standard InChI is InChI=1S/C15H29NS/c1-13(2,3)17-15(12-16)10-14(11-15)8-6-4-5-7-9-14/h4-12,16H2,1-3H3. The van der Waals surface area contributed by atoms with E-state index >= 15 is 0 Å². The van der Waals surface area contributed by atoms with E-state index in [0.717, 1.165) is 6.54 Å². The molecule has 0 atom stereocenters. The van der Waals surface area contributed by atoms with Crippen LogP contribution in [0.2, 0.25) is 0 Å². The van der Waals surface area contributed by atoms with Crippen molar-refractivity contribution in [1.29, 1.82) is 0 Å². The molecule has 2 fully saturated rings. The van der Waals surface area contributed by atoms with Crippen molar-refractivity contribution < 1.29 is 0 Å². The molecule has 0 aromatic heterocycles. The maximum absolute atomic E-state index is 6.08. The van der Waals surface area contributed by atoms with E-state index in [-0.39, 0.29) is 0 Å². The van der Waals surface area contributed by atoms with Crippen molar-refractivity contribution in [3.63, 3.8) is 0 Å². The lowest BCUT2D eigenvalue weighted by Gasteiger charge is -2.57. The van der Waals surface area contributed by atoms with Crippen LogP contribution >= 0.6 is 11.8 Å². The van der Waals surface area contributed by atoms with E-state index in [1.54, 1.807) is 0 Å². The molecule has 0 saturated heterocycles. The molecule has 0 bridgehead atoms. The third-order valence-electron chi connectivity index (χ3n) is 4.45. The maximum Gasteiger partial charge on any atom is 0.0298 e. The lowest BCUT2D eigenvalue weighted by molar-refractivity contribution is 0.0653. The van der Waals surface area contributed by atoms with Crippen LogP contribution in [0.1, 0.15) is 72.1 Å². The van der Waals surface area contributed by atoms with Crippen LogP contribution in [-0.2, 0) is 0 Å². The second-order valence-corrected chi connectivity index (χ2v) is 9.66. The van der Waals surface area contributed by atoms with Crippen molar-refractivity contribution in [1.82, 2.24) is 0 Å². The molecule has 2 aliphatic rings. The molecule has 1 nitrogen and oxygen atoms in total. The highest BCUT2D eigenvalue weighted by atomic mass is 32.2. The van der Waals surface area contributed by atoms with Gasteiger partial charge in [-0.05, 0) is 31.1 Å². The van der Waals surface area contributed by atoms with E-state index in [1.807, 2.05) is 0 Å². The molecule has 0 radical (unpaired) electrons. The Morgan fingerprint density at radius 1 is 1.00 bits per heavy atom. The van der Waals surface area contributed by atoms with Gasteiger partial charge in [-0.25, -0.2) is 0 Å². The number of thioether (sulfide) groups is 1. The van der Waals surface area contributed by atoms with Crippen LogP contribution in [0.15, 0.2) is 0 Å². The van der Waals surface area contributed by atoms with Crippen LogP contribution in [0.3, 0.4) is 0 Å². The first-order chi connectivity index (χ1) is 7.89. The normalized spacial score (nSPS) is 27.5. The molecule has 0 unspecified atom stereocenters. The van der Waals surface area contributed by atoms with E-state index in [1.165, 1.54) is 51.4 Å². The van der Waals surface area contributed by atoms with Crippen molar-refractivity contribution in [3.8, 4) is 0 Å². The monoisotopic (exact) mass is 255 g/mol. The molecule has 0 aliphatic heterocycles. The molecule has 2 N–H and O–H groups in total. The molecule has 1 spiro atoms. The van der Waals surface area contributed by atoms with Gasteiger partial charge in [0, 0.05) is 16.0 Å². The fraction of sp³-hybridized carbons (Fsp3) is 1.00. The Bertz CT molecular complexity index is 251. The van der Waals surface area contributed by atoms with Gasteiger partial charge in [-0.15, -0.1) is 11.8 Å². The summed E-state index contributed by atoms with van der Waals surface area (Å²) in [6, 6.07) is 0. The highest BCUT2D eigenvalue weighted by Gasteiger charge is 2.54. The van der Waals surface area contributed by atoms with Gasteiger partial charge in [-0.2, -0.15) is 0 Å². The Morgan fingerprint density at radius 3 is 1.94 bits per heavy atom. The molecular weight excluding hydrogens is 226 g/mol. The summed E-state index contributed by atoms with van der Waals surface area (Å²) in [6.07, 6.45) is 11.6. The van der Waals surface area contributed by atoms with Crippen molar-refractivity contribution in [2.75, 3.05) is 6.54 Å². The molecule has 2 heteroatoms. The van der Waals surface area contributed by atoms with E-state index in [2.05, 4.69) is 32.5 Å². The average molecular weight is 255 g/mol. The molecule has 100 valence electrons. The van der Waals surface area contributed by atoms with Crippen LogP contribution in [0.25, 0.3) is 0 Å². The van der Waals surface area contributed by atoms with Gasteiger partial charge in [0.15, 0.2) is 0 Å². The lowest BCUT2D eigenvalue weighted by atomic mass is 9.58. The van der Waals surface area contributed by atoms with Gasteiger partial charge < -0.3 is 5.73 Å². The Kier molecular flexibility index (Phi) is 3.85. The molecule has 17 heavy (non-hydrogen) atoms. The minimum absolute atomic E-state index is 0.353. The highest BCUT2D eigenvalue weighted by molar-refractivity contribution is 8.02. The largest absolute Gasteiger partial charge is 0.329 e. The summed E-state index contributed by atoms with van der Waals surface area (Å²) in [6.45, 7) is 7.85. The van der Waals surface area contributed by atoms with E-state index < -0.39 is 0 Å². The Morgan fingerprint density at radius 2 is 1.53 bits per heavy atom. The van der Waals surface area contributed by atoms with E-state index in [9.17, 15) is 0 Å². The molecule has 2 aliphatic carbocycles. The first-order valence-corrected chi connectivity index (χ1v) is 8.11. The predicted octanol–water partition coefficient (Wildman–Crippen LogP) is 4.35. The highest BCUT2D eigenvalue weighted by Crippen LogP contribution is 2.62. The quantitative estimate of drug-likeness (QED) is 0.794. The Labute approximate surface area is 111 Å². The summed E-state index contributed by atoms with van der Waals surface area (Å²) in [7, 11) is 0. The zero-order chi connectivity index (χ0) is 12.6. The van der Waals surface area contributed by atoms with Crippen molar-refractivity contribution in [3.05, 3.63) is 0 Å². The topological polar surface area (TPSA) is 26.0 Å².